The number of primary sulfonamides is 1. The van der Waals surface area contributed by atoms with Crippen molar-refractivity contribution in [3.8, 4) is 0 Å². The molecule has 1 aliphatic heterocycles. The van der Waals surface area contributed by atoms with Crippen molar-refractivity contribution < 1.29 is 32.8 Å². The zero-order valence-corrected chi connectivity index (χ0v) is 16.9. The number of nitrogens with zero attached hydrogens (tertiary/aromatic N) is 2. The number of carbonyl (C=O) groups is 2. The molecule has 31 heavy (non-hydrogen) atoms. The maximum atomic E-state index is 12.8. The lowest BCUT2D eigenvalue weighted by Gasteiger charge is -2.26. The molecule has 0 unspecified atom stereocenters. The number of hydrogen-bond donors (Lipinski definition) is 2. The minimum atomic E-state index is -3.98. The Hall–Kier alpha value is -3.77. The van der Waals surface area contributed by atoms with Crippen LogP contribution < -0.4 is 10.0 Å². The smallest absolute Gasteiger partial charge is 0.340 e. The standard InChI is InChI=1S/C19H17N3O8S/c1-2-30-19(25)15-16(11-3-5-13(6-4-11)22(26)27)21(18(24)17(15)23)12-7-9-14(10-8-12)31(20,28)29/h3-10,16,23H,2H2,1H3,(H2,20,28,29)/t16-/m1/s1. The second kappa shape index (κ2) is 8.16. The van der Waals surface area contributed by atoms with Crippen LogP contribution in [0.4, 0.5) is 11.4 Å². The highest BCUT2D eigenvalue weighted by molar-refractivity contribution is 7.89. The number of nitro benzene ring substituents is 1. The fourth-order valence-corrected chi connectivity index (χ4v) is 3.69. The largest absolute Gasteiger partial charge is 0.503 e. The zero-order chi connectivity index (χ0) is 22.9. The molecule has 0 saturated carbocycles. The Labute approximate surface area is 176 Å². The molecule has 2 aromatic rings. The SMILES string of the molecule is CCOC(=O)C1=C(O)C(=O)N(c2ccc(S(N)(=O)=O)cc2)[C@@H]1c1ccc([N+](=O)[O-])cc1. The molecule has 3 N–H and O–H groups in total. The highest BCUT2D eigenvalue weighted by Crippen LogP contribution is 2.41. The molecule has 2 aromatic carbocycles. The van der Waals surface area contributed by atoms with E-state index in [9.17, 15) is 33.2 Å². The molecule has 1 amide bonds. The molecule has 0 bridgehead atoms. The van der Waals surface area contributed by atoms with Crippen LogP contribution >= 0.6 is 0 Å². The Morgan fingerprint density at radius 3 is 2.26 bits per heavy atom. The number of aliphatic hydroxyl groups excluding tert-OH is 1. The van der Waals surface area contributed by atoms with E-state index in [-0.39, 0.29) is 28.5 Å². The van der Waals surface area contributed by atoms with E-state index in [0.717, 1.165) is 4.90 Å². The number of esters is 1. The molecule has 0 aliphatic carbocycles. The molecule has 0 fully saturated rings. The fourth-order valence-electron chi connectivity index (χ4n) is 3.18. The van der Waals surface area contributed by atoms with Crippen LogP contribution in [0.25, 0.3) is 0 Å². The molecule has 1 atom stereocenters. The molecule has 0 saturated heterocycles. The van der Waals surface area contributed by atoms with Crippen molar-refractivity contribution in [2.75, 3.05) is 11.5 Å². The summed E-state index contributed by atoms with van der Waals surface area (Å²) in [5.74, 6) is -2.69. The molecule has 162 valence electrons. The van der Waals surface area contributed by atoms with Crippen molar-refractivity contribution in [3.63, 3.8) is 0 Å². The second-order valence-corrected chi connectivity index (χ2v) is 8.01. The molecular weight excluding hydrogens is 430 g/mol. The van der Waals surface area contributed by atoms with Gasteiger partial charge in [0.1, 0.15) is 5.57 Å². The van der Waals surface area contributed by atoms with Gasteiger partial charge >= 0.3 is 5.97 Å². The number of nitrogens with two attached hydrogens (primary N) is 1. The van der Waals surface area contributed by atoms with Gasteiger partial charge in [-0.25, -0.2) is 18.4 Å². The predicted octanol–water partition coefficient (Wildman–Crippen LogP) is 1.71. The number of anilines is 1. The van der Waals surface area contributed by atoms with Crippen molar-refractivity contribution in [1.29, 1.82) is 0 Å². The summed E-state index contributed by atoms with van der Waals surface area (Å²) in [7, 11) is -3.98. The van der Waals surface area contributed by atoms with Crippen LogP contribution in [-0.4, -0.2) is 36.9 Å². The van der Waals surface area contributed by atoms with E-state index in [1.807, 2.05) is 0 Å². The summed E-state index contributed by atoms with van der Waals surface area (Å²) in [5, 5.41) is 26.4. The third kappa shape index (κ3) is 4.11. The van der Waals surface area contributed by atoms with Crippen LogP contribution in [0.5, 0.6) is 0 Å². The van der Waals surface area contributed by atoms with Crippen molar-refractivity contribution in [2.45, 2.75) is 17.9 Å². The van der Waals surface area contributed by atoms with E-state index in [1.54, 1.807) is 6.92 Å². The summed E-state index contributed by atoms with van der Waals surface area (Å²) >= 11 is 0. The number of carbonyl (C=O) groups excluding carboxylic acids is 2. The number of non-ortho nitro benzene ring substituents is 1. The number of benzene rings is 2. The van der Waals surface area contributed by atoms with Gasteiger partial charge in [0.15, 0.2) is 5.76 Å². The van der Waals surface area contributed by atoms with Crippen molar-refractivity contribution in [1.82, 2.24) is 0 Å². The summed E-state index contributed by atoms with van der Waals surface area (Å²) in [6.07, 6.45) is 0. The average molecular weight is 447 g/mol. The molecule has 0 spiro atoms. The number of rotatable bonds is 6. The topological polar surface area (TPSA) is 170 Å². The van der Waals surface area contributed by atoms with E-state index >= 15 is 0 Å². The average Bonchev–Trinajstić information content (AvgIpc) is 2.98. The van der Waals surface area contributed by atoms with Crippen LogP contribution in [0.3, 0.4) is 0 Å². The number of aliphatic hydroxyl groups is 1. The molecule has 3 rings (SSSR count). The predicted molar refractivity (Wildman–Crippen MR) is 107 cm³/mol. The van der Waals surface area contributed by atoms with Gasteiger partial charge in [-0.2, -0.15) is 0 Å². The van der Waals surface area contributed by atoms with Gasteiger partial charge < -0.3 is 9.84 Å². The maximum Gasteiger partial charge on any atom is 0.340 e. The van der Waals surface area contributed by atoms with E-state index < -0.39 is 38.6 Å². The van der Waals surface area contributed by atoms with Crippen molar-refractivity contribution in [2.24, 2.45) is 5.14 Å². The Morgan fingerprint density at radius 1 is 1.19 bits per heavy atom. The lowest BCUT2D eigenvalue weighted by Crippen LogP contribution is -2.31. The monoisotopic (exact) mass is 447 g/mol. The molecule has 0 aromatic heterocycles. The zero-order valence-electron chi connectivity index (χ0n) is 16.1. The molecule has 1 aliphatic rings. The number of ether oxygens (including phenoxy) is 1. The van der Waals surface area contributed by atoms with Gasteiger partial charge in [0, 0.05) is 17.8 Å². The quantitative estimate of drug-likeness (QED) is 0.383. The van der Waals surface area contributed by atoms with Crippen molar-refractivity contribution >= 4 is 33.3 Å². The first-order chi connectivity index (χ1) is 14.6. The van der Waals surface area contributed by atoms with Gasteiger partial charge in [0.25, 0.3) is 11.6 Å². The first-order valence-electron chi connectivity index (χ1n) is 8.87. The van der Waals surface area contributed by atoms with Gasteiger partial charge in [-0.3, -0.25) is 19.8 Å². The normalized spacial score (nSPS) is 16.5. The maximum absolute atomic E-state index is 12.8. The summed E-state index contributed by atoms with van der Waals surface area (Å²) < 4.78 is 28.0. The number of nitro groups is 1. The third-order valence-corrected chi connectivity index (χ3v) is 5.50. The van der Waals surface area contributed by atoms with Gasteiger partial charge in [0.05, 0.1) is 22.5 Å². The van der Waals surface area contributed by atoms with E-state index in [1.165, 1.54) is 48.5 Å². The van der Waals surface area contributed by atoms with Crippen LogP contribution in [0.2, 0.25) is 0 Å². The summed E-state index contributed by atoms with van der Waals surface area (Å²) in [6, 6.07) is 8.84. The molecule has 0 radical (unpaired) electrons. The third-order valence-electron chi connectivity index (χ3n) is 4.57. The first kappa shape index (κ1) is 21.9. The highest BCUT2D eigenvalue weighted by atomic mass is 32.2. The summed E-state index contributed by atoms with van der Waals surface area (Å²) in [6.45, 7) is 1.54. The highest BCUT2D eigenvalue weighted by Gasteiger charge is 2.45. The van der Waals surface area contributed by atoms with E-state index in [0.29, 0.717) is 5.56 Å². The molecule has 12 heteroatoms. The lowest BCUT2D eigenvalue weighted by molar-refractivity contribution is -0.384. The van der Waals surface area contributed by atoms with Gasteiger partial charge in [0.2, 0.25) is 10.0 Å². The molecular formula is C19H17N3O8S. The Bertz CT molecular complexity index is 1190. The number of sulfonamides is 1. The Balaban J connectivity index is 2.13. The summed E-state index contributed by atoms with van der Waals surface area (Å²) in [5.41, 5.74) is -0.0904. The van der Waals surface area contributed by atoms with Crippen LogP contribution in [0.1, 0.15) is 18.5 Å². The van der Waals surface area contributed by atoms with Crippen LogP contribution in [-0.2, 0) is 24.3 Å². The van der Waals surface area contributed by atoms with Crippen molar-refractivity contribution in [3.05, 3.63) is 75.5 Å². The van der Waals surface area contributed by atoms with Crippen LogP contribution in [0.15, 0.2) is 64.8 Å². The van der Waals surface area contributed by atoms with E-state index in [2.05, 4.69) is 0 Å². The van der Waals surface area contributed by atoms with Gasteiger partial charge in [-0.15, -0.1) is 0 Å². The summed E-state index contributed by atoms with van der Waals surface area (Å²) in [4.78, 5) is 36.5. The Morgan fingerprint density at radius 2 is 1.77 bits per heavy atom. The second-order valence-electron chi connectivity index (χ2n) is 6.45. The number of amides is 1. The molecule has 11 nitrogen and oxygen atoms in total. The minimum Gasteiger partial charge on any atom is -0.503 e. The lowest BCUT2D eigenvalue weighted by atomic mass is 9.98. The van der Waals surface area contributed by atoms with Gasteiger partial charge in [-0.1, -0.05) is 0 Å². The fraction of sp³-hybridized carbons (Fsp3) is 0.158. The van der Waals surface area contributed by atoms with E-state index in [4.69, 9.17) is 9.88 Å². The molecule has 1 heterocycles. The minimum absolute atomic E-state index is 0.0140. The number of hydrogen-bond acceptors (Lipinski definition) is 8. The Kier molecular flexibility index (Phi) is 5.77. The first-order valence-corrected chi connectivity index (χ1v) is 10.4. The van der Waals surface area contributed by atoms with Gasteiger partial charge in [-0.05, 0) is 48.9 Å². The van der Waals surface area contributed by atoms with Crippen LogP contribution in [0, 0.1) is 10.1 Å².